The zero-order valence-electron chi connectivity index (χ0n) is 25.4. The highest BCUT2D eigenvalue weighted by molar-refractivity contribution is 6.21. The van der Waals surface area contributed by atoms with E-state index in [4.69, 9.17) is 0 Å². The van der Waals surface area contributed by atoms with Gasteiger partial charge in [0.1, 0.15) is 0 Å². The van der Waals surface area contributed by atoms with E-state index in [9.17, 15) is 19.2 Å². The molecule has 0 unspecified atom stereocenters. The molecule has 3 aliphatic rings. The number of nitrogens with one attached hydrogen (secondary N) is 1. The molecule has 8 heteroatoms. The minimum atomic E-state index is -0.301. The van der Waals surface area contributed by atoms with Gasteiger partial charge in [-0.1, -0.05) is 72.8 Å². The summed E-state index contributed by atoms with van der Waals surface area (Å²) in [5.74, 6) is -0.907. The van der Waals surface area contributed by atoms with Crippen molar-refractivity contribution in [1.82, 2.24) is 4.90 Å². The Morgan fingerprint density at radius 2 is 1.19 bits per heavy atom. The lowest BCUT2D eigenvalue weighted by atomic mass is 9.99. The molecule has 5 aromatic carbocycles. The average Bonchev–Trinajstić information content (AvgIpc) is 3.66. The molecule has 230 valence electrons. The maximum Gasteiger partial charge on any atom is 0.261 e. The quantitative estimate of drug-likeness (QED) is 0.227. The van der Waals surface area contributed by atoms with Gasteiger partial charge in [0.25, 0.3) is 23.6 Å². The van der Waals surface area contributed by atoms with Crippen LogP contribution in [0.1, 0.15) is 47.9 Å². The molecule has 0 radical (unpaired) electrons. The summed E-state index contributed by atoms with van der Waals surface area (Å²) in [4.78, 5) is 59.2. The van der Waals surface area contributed by atoms with E-state index in [-0.39, 0.29) is 35.7 Å². The zero-order valence-corrected chi connectivity index (χ0v) is 25.4. The number of para-hydroxylation sites is 2. The molecule has 8 nitrogen and oxygen atoms in total. The van der Waals surface area contributed by atoms with Gasteiger partial charge < -0.3 is 15.1 Å². The summed E-state index contributed by atoms with van der Waals surface area (Å²) in [6.07, 6.45) is 0.568. The monoisotopic (exact) mass is 618 g/mol. The van der Waals surface area contributed by atoms with Crippen LogP contribution in [0.3, 0.4) is 0 Å². The van der Waals surface area contributed by atoms with Crippen LogP contribution in [0.2, 0.25) is 0 Å². The molecule has 0 bridgehead atoms. The van der Waals surface area contributed by atoms with Crippen LogP contribution in [0.5, 0.6) is 0 Å². The molecule has 5 aromatic rings. The van der Waals surface area contributed by atoms with E-state index in [0.717, 1.165) is 22.5 Å². The van der Waals surface area contributed by atoms with Gasteiger partial charge in [-0.15, -0.1) is 0 Å². The lowest BCUT2D eigenvalue weighted by Crippen LogP contribution is -2.48. The third-order valence-electron chi connectivity index (χ3n) is 9.35. The first kappa shape index (κ1) is 28.5. The molecular weight excluding hydrogens is 588 g/mol. The highest BCUT2D eigenvalue weighted by atomic mass is 16.2. The van der Waals surface area contributed by atoms with Crippen molar-refractivity contribution in [3.8, 4) is 11.1 Å². The normalized spacial score (nSPS) is 18.1. The summed E-state index contributed by atoms with van der Waals surface area (Å²) in [5, 5.41) is 2.98. The Bertz CT molecular complexity index is 2020. The van der Waals surface area contributed by atoms with Gasteiger partial charge in [0.15, 0.2) is 0 Å². The van der Waals surface area contributed by atoms with Crippen molar-refractivity contribution in [2.75, 3.05) is 28.2 Å². The van der Waals surface area contributed by atoms with Crippen LogP contribution >= 0.6 is 0 Å². The molecule has 8 rings (SSSR count). The average molecular weight is 619 g/mol. The van der Waals surface area contributed by atoms with Gasteiger partial charge in [-0.25, -0.2) is 0 Å². The standard InChI is InChI=1S/C39H30N4O4/c44-36(31-13-5-4-12-30(31)25-10-2-1-3-11-25)40-27-20-18-26(19-21-27)37(45)42-23-28-22-29(24-41(28)34-16-8-9-17-35(34)42)43-38(46)32-14-6-7-15-33(32)39(43)47/h1-21,28-29H,22-24H2,(H,40,44)/t28-,29+/m1/s1. The fourth-order valence-corrected chi connectivity index (χ4v) is 7.12. The maximum absolute atomic E-state index is 14.0. The molecule has 1 fully saturated rings. The number of rotatable bonds is 5. The lowest BCUT2D eigenvalue weighted by molar-refractivity contribution is 0.0595. The number of benzene rings is 5. The smallest absolute Gasteiger partial charge is 0.261 e. The molecule has 3 heterocycles. The number of nitrogens with zero attached hydrogens (tertiary/aromatic N) is 3. The van der Waals surface area contributed by atoms with Crippen molar-refractivity contribution >= 4 is 40.7 Å². The minimum absolute atomic E-state index is 0.0635. The SMILES string of the molecule is O=C(Nc1ccc(C(=O)N2C[C@H]3C[C@H](N4C(=O)c5ccccc5C4=O)CN3c3ccccc32)cc1)c1ccccc1-c1ccccc1. The van der Waals surface area contributed by atoms with Crippen LogP contribution in [-0.4, -0.2) is 53.7 Å². The predicted octanol–water partition coefficient (Wildman–Crippen LogP) is 6.51. The molecule has 0 aromatic heterocycles. The molecular formula is C39H30N4O4. The van der Waals surface area contributed by atoms with Crippen LogP contribution in [0, 0.1) is 0 Å². The van der Waals surface area contributed by atoms with Gasteiger partial charge in [0.05, 0.1) is 28.5 Å². The predicted molar refractivity (Wildman–Crippen MR) is 181 cm³/mol. The molecule has 47 heavy (non-hydrogen) atoms. The Balaban J connectivity index is 1.00. The van der Waals surface area contributed by atoms with Crippen molar-refractivity contribution in [3.05, 3.63) is 150 Å². The van der Waals surface area contributed by atoms with E-state index >= 15 is 0 Å². The first-order valence-electron chi connectivity index (χ1n) is 15.7. The number of carbonyl (C=O) groups is 4. The van der Waals surface area contributed by atoms with Gasteiger partial charge >= 0.3 is 0 Å². The van der Waals surface area contributed by atoms with Gasteiger partial charge in [-0.3, -0.25) is 24.1 Å². The number of imide groups is 1. The summed E-state index contributed by atoms with van der Waals surface area (Å²) < 4.78 is 0. The number of carbonyl (C=O) groups excluding carboxylic acids is 4. The molecule has 2 atom stereocenters. The second-order valence-electron chi connectivity index (χ2n) is 12.1. The van der Waals surface area contributed by atoms with E-state index in [1.54, 1.807) is 59.5 Å². The number of fused-ring (bicyclic) bond motifs is 4. The van der Waals surface area contributed by atoms with Gasteiger partial charge in [0.2, 0.25) is 0 Å². The fraction of sp³-hybridized carbons (Fsp3) is 0.128. The largest absolute Gasteiger partial charge is 0.363 e. The van der Waals surface area contributed by atoms with Crippen molar-refractivity contribution in [2.45, 2.75) is 18.5 Å². The van der Waals surface area contributed by atoms with E-state index in [1.165, 1.54) is 4.90 Å². The number of amides is 4. The molecule has 0 spiro atoms. The Morgan fingerprint density at radius 3 is 1.89 bits per heavy atom. The van der Waals surface area contributed by atoms with Crippen LogP contribution < -0.4 is 15.1 Å². The lowest BCUT2D eigenvalue weighted by Gasteiger charge is -2.40. The Labute approximate surface area is 271 Å². The highest BCUT2D eigenvalue weighted by Crippen LogP contribution is 2.42. The number of hydrogen-bond acceptors (Lipinski definition) is 5. The van der Waals surface area contributed by atoms with Gasteiger partial charge in [-0.05, 0) is 72.1 Å². The topological polar surface area (TPSA) is 90.0 Å². The Kier molecular flexibility index (Phi) is 6.90. The van der Waals surface area contributed by atoms with Crippen LogP contribution in [0.25, 0.3) is 11.1 Å². The van der Waals surface area contributed by atoms with Gasteiger partial charge in [-0.2, -0.15) is 0 Å². The number of hydrogen-bond donors (Lipinski definition) is 1. The second-order valence-corrected chi connectivity index (χ2v) is 12.1. The van der Waals surface area contributed by atoms with Crippen LogP contribution in [-0.2, 0) is 0 Å². The van der Waals surface area contributed by atoms with E-state index in [0.29, 0.717) is 47.5 Å². The van der Waals surface area contributed by atoms with Crippen molar-refractivity contribution in [3.63, 3.8) is 0 Å². The Hall–Kier alpha value is -6.02. The van der Waals surface area contributed by atoms with Crippen molar-refractivity contribution in [1.29, 1.82) is 0 Å². The van der Waals surface area contributed by atoms with E-state index in [2.05, 4.69) is 10.2 Å². The third-order valence-corrected chi connectivity index (χ3v) is 9.35. The summed E-state index contributed by atoms with van der Waals surface area (Å²) in [5.41, 5.74) is 6.00. The summed E-state index contributed by atoms with van der Waals surface area (Å²) >= 11 is 0. The summed E-state index contributed by atoms with van der Waals surface area (Å²) in [6.45, 7) is 0.932. The minimum Gasteiger partial charge on any atom is -0.363 e. The zero-order chi connectivity index (χ0) is 32.1. The number of anilines is 3. The van der Waals surface area contributed by atoms with Gasteiger partial charge in [0, 0.05) is 35.9 Å². The first-order valence-corrected chi connectivity index (χ1v) is 15.7. The first-order chi connectivity index (χ1) is 23.0. The maximum atomic E-state index is 14.0. The molecule has 0 aliphatic carbocycles. The van der Waals surface area contributed by atoms with Crippen LogP contribution in [0.4, 0.5) is 17.1 Å². The molecule has 3 aliphatic heterocycles. The third kappa shape index (κ3) is 4.86. The van der Waals surface area contributed by atoms with Crippen molar-refractivity contribution < 1.29 is 19.2 Å². The fourth-order valence-electron chi connectivity index (χ4n) is 7.12. The van der Waals surface area contributed by atoms with Crippen LogP contribution in [0.15, 0.2) is 127 Å². The van der Waals surface area contributed by atoms with E-state index < -0.39 is 0 Å². The Morgan fingerprint density at radius 1 is 0.596 bits per heavy atom. The summed E-state index contributed by atoms with van der Waals surface area (Å²) in [7, 11) is 0. The molecule has 1 N–H and O–H groups in total. The summed E-state index contributed by atoms with van der Waals surface area (Å²) in [6, 6.07) is 38.5. The highest BCUT2D eigenvalue weighted by Gasteiger charge is 2.47. The van der Waals surface area contributed by atoms with Crippen molar-refractivity contribution in [2.24, 2.45) is 0 Å². The molecule has 1 saturated heterocycles. The molecule has 0 saturated carbocycles. The molecule has 4 amide bonds. The second kappa shape index (κ2) is 11.4. The van der Waals surface area contributed by atoms with E-state index in [1.807, 2.05) is 72.8 Å².